The second kappa shape index (κ2) is 6.12. The molecule has 4 heteroatoms. The summed E-state index contributed by atoms with van der Waals surface area (Å²) in [5, 5.41) is 15.5. The van der Waals surface area contributed by atoms with Gasteiger partial charge in [0.2, 0.25) is 0 Å². The lowest BCUT2D eigenvalue weighted by atomic mass is 10.1. The van der Waals surface area contributed by atoms with Gasteiger partial charge in [0.15, 0.2) is 0 Å². The summed E-state index contributed by atoms with van der Waals surface area (Å²) in [6.07, 6.45) is 1.61. The molecular formula is C17H15ClN2O. The molecule has 1 aromatic heterocycles. The molecule has 0 aliphatic heterocycles. The summed E-state index contributed by atoms with van der Waals surface area (Å²) >= 11 is 5.88. The van der Waals surface area contributed by atoms with Crippen molar-refractivity contribution in [2.75, 3.05) is 0 Å². The first kappa shape index (κ1) is 13.9. The van der Waals surface area contributed by atoms with Gasteiger partial charge in [0.05, 0.1) is 11.4 Å². The van der Waals surface area contributed by atoms with E-state index >= 15 is 0 Å². The molecule has 2 aromatic carbocycles. The normalized spacial score (nSPS) is 12.3. The van der Waals surface area contributed by atoms with Crippen LogP contribution in [0.4, 0.5) is 0 Å². The van der Waals surface area contributed by atoms with Crippen molar-refractivity contribution >= 4 is 11.6 Å². The van der Waals surface area contributed by atoms with E-state index in [-0.39, 0.29) is 0 Å². The molecule has 1 N–H and O–H groups in total. The Balaban J connectivity index is 1.84. The average Bonchev–Trinajstić information content (AvgIpc) is 3.00. The number of aliphatic hydroxyl groups excluding tert-OH is 1. The lowest BCUT2D eigenvalue weighted by molar-refractivity contribution is 0.170. The Morgan fingerprint density at radius 1 is 1.00 bits per heavy atom. The van der Waals surface area contributed by atoms with E-state index in [1.165, 1.54) is 0 Å². The predicted molar refractivity (Wildman–Crippen MR) is 83.7 cm³/mol. The van der Waals surface area contributed by atoms with E-state index in [0.717, 1.165) is 16.9 Å². The molecule has 0 saturated carbocycles. The summed E-state index contributed by atoms with van der Waals surface area (Å²) in [5.41, 5.74) is 2.75. The van der Waals surface area contributed by atoms with Gasteiger partial charge >= 0.3 is 0 Å². The quantitative estimate of drug-likeness (QED) is 0.795. The number of benzene rings is 2. The van der Waals surface area contributed by atoms with Crippen LogP contribution >= 0.6 is 11.6 Å². The van der Waals surface area contributed by atoms with Gasteiger partial charge in [-0.3, -0.25) is 0 Å². The van der Waals surface area contributed by atoms with Crippen molar-refractivity contribution < 1.29 is 5.11 Å². The zero-order valence-electron chi connectivity index (χ0n) is 11.4. The molecule has 1 unspecified atom stereocenters. The highest BCUT2D eigenvalue weighted by atomic mass is 35.5. The van der Waals surface area contributed by atoms with Gasteiger partial charge in [-0.2, -0.15) is 5.10 Å². The van der Waals surface area contributed by atoms with Gasteiger partial charge in [0, 0.05) is 17.6 Å². The number of rotatable bonds is 4. The lowest BCUT2D eigenvalue weighted by Gasteiger charge is -2.13. The van der Waals surface area contributed by atoms with Crippen molar-refractivity contribution in [3.8, 4) is 5.69 Å². The van der Waals surface area contributed by atoms with Gasteiger partial charge < -0.3 is 5.11 Å². The molecule has 0 fully saturated rings. The standard InChI is InChI=1S/C17H15ClN2O/c18-14-8-6-13(7-9-14)12-17(21)16-10-11-19-20(16)15-4-2-1-3-5-15/h1-11,17,21H,12H2. The van der Waals surface area contributed by atoms with Crippen molar-refractivity contribution in [2.45, 2.75) is 12.5 Å². The third-order valence-electron chi connectivity index (χ3n) is 3.36. The van der Waals surface area contributed by atoms with Crippen LogP contribution in [0.3, 0.4) is 0 Å². The predicted octanol–water partition coefficient (Wildman–Crippen LogP) is 3.80. The third-order valence-corrected chi connectivity index (χ3v) is 3.61. The summed E-state index contributed by atoms with van der Waals surface area (Å²) in [6, 6.07) is 19.1. The van der Waals surface area contributed by atoms with Gasteiger partial charge in [-0.25, -0.2) is 4.68 Å². The maximum Gasteiger partial charge on any atom is 0.100 e. The minimum atomic E-state index is -0.617. The Morgan fingerprint density at radius 3 is 2.43 bits per heavy atom. The topological polar surface area (TPSA) is 38.1 Å². The van der Waals surface area contributed by atoms with Crippen LogP contribution in [0, 0.1) is 0 Å². The second-order valence-corrected chi connectivity index (χ2v) is 5.29. The summed E-state index contributed by atoms with van der Waals surface area (Å²) in [5.74, 6) is 0. The smallest absolute Gasteiger partial charge is 0.100 e. The molecule has 1 heterocycles. The molecule has 0 aliphatic rings. The fourth-order valence-electron chi connectivity index (χ4n) is 2.30. The van der Waals surface area contributed by atoms with E-state index in [2.05, 4.69) is 5.10 Å². The Labute approximate surface area is 128 Å². The summed E-state index contributed by atoms with van der Waals surface area (Å²) in [7, 11) is 0. The average molecular weight is 299 g/mol. The van der Waals surface area contributed by atoms with Crippen LogP contribution in [0.15, 0.2) is 66.9 Å². The van der Waals surface area contributed by atoms with Crippen molar-refractivity contribution in [3.05, 3.63) is 83.1 Å². The molecule has 0 aliphatic carbocycles. The highest BCUT2D eigenvalue weighted by Gasteiger charge is 2.14. The largest absolute Gasteiger partial charge is 0.386 e. The minimum absolute atomic E-state index is 0.524. The van der Waals surface area contributed by atoms with E-state index in [9.17, 15) is 5.11 Å². The number of nitrogens with zero attached hydrogens (tertiary/aromatic N) is 2. The van der Waals surface area contributed by atoms with Crippen LogP contribution in [-0.2, 0) is 6.42 Å². The Bertz CT molecular complexity index is 707. The first-order chi connectivity index (χ1) is 10.2. The minimum Gasteiger partial charge on any atom is -0.386 e. The maximum atomic E-state index is 10.5. The van der Waals surface area contributed by atoms with E-state index in [0.29, 0.717) is 11.4 Å². The highest BCUT2D eigenvalue weighted by Crippen LogP contribution is 2.21. The van der Waals surface area contributed by atoms with E-state index in [1.54, 1.807) is 10.9 Å². The van der Waals surface area contributed by atoms with Crippen LogP contribution in [0.2, 0.25) is 5.02 Å². The molecule has 3 aromatic rings. The molecule has 3 rings (SSSR count). The molecule has 1 atom stereocenters. The van der Waals surface area contributed by atoms with Crippen molar-refractivity contribution in [3.63, 3.8) is 0 Å². The lowest BCUT2D eigenvalue weighted by Crippen LogP contribution is -2.09. The van der Waals surface area contributed by atoms with E-state index < -0.39 is 6.10 Å². The van der Waals surface area contributed by atoms with Crippen LogP contribution < -0.4 is 0 Å². The molecule has 0 spiro atoms. The monoisotopic (exact) mass is 298 g/mol. The number of hydrogen-bond acceptors (Lipinski definition) is 2. The van der Waals surface area contributed by atoms with E-state index in [1.807, 2.05) is 60.7 Å². The van der Waals surface area contributed by atoms with Gasteiger partial charge in [0.25, 0.3) is 0 Å². The zero-order chi connectivity index (χ0) is 14.7. The van der Waals surface area contributed by atoms with Crippen LogP contribution in [-0.4, -0.2) is 14.9 Å². The number of para-hydroxylation sites is 1. The van der Waals surface area contributed by atoms with E-state index in [4.69, 9.17) is 11.6 Å². The summed E-state index contributed by atoms with van der Waals surface area (Å²) < 4.78 is 1.76. The van der Waals surface area contributed by atoms with Gasteiger partial charge in [-0.05, 0) is 35.9 Å². The Morgan fingerprint density at radius 2 is 1.71 bits per heavy atom. The van der Waals surface area contributed by atoms with Crippen LogP contribution in [0.1, 0.15) is 17.4 Å². The number of halogens is 1. The zero-order valence-corrected chi connectivity index (χ0v) is 12.1. The van der Waals surface area contributed by atoms with Crippen molar-refractivity contribution in [1.29, 1.82) is 0 Å². The fourth-order valence-corrected chi connectivity index (χ4v) is 2.43. The molecule has 3 nitrogen and oxygen atoms in total. The van der Waals surface area contributed by atoms with Crippen LogP contribution in [0.5, 0.6) is 0 Å². The number of aromatic nitrogens is 2. The third kappa shape index (κ3) is 3.15. The maximum absolute atomic E-state index is 10.5. The molecule has 106 valence electrons. The van der Waals surface area contributed by atoms with Gasteiger partial charge in [-0.15, -0.1) is 0 Å². The van der Waals surface area contributed by atoms with Gasteiger partial charge in [0.1, 0.15) is 6.10 Å². The molecule has 0 radical (unpaired) electrons. The van der Waals surface area contributed by atoms with Crippen LogP contribution in [0.25, 0.3) is 5.69 Å². The molecule has 0 saturated heterocycles. The fraction of sp³-hybridized carbons (Fsp3) is 0.118. The van der Waals surface area contributed by atoms with Crippen molar-refractivity contribution in [1.82, 2.24) is 9.78 Å². The molecule has 0 amide bonds. The van der Waals surface area contributed by atoms with Gasteiger partial charge in [-0.1, -0.05) is 41.9 Å². The van der Waals surface area contributed by atoms with Crippen molar-refractivity contribution in [2.24, 2.45) is 0 Å². The second-order valence-electron chi connectivity index (χ2n) is 4.85. The number of aliphatic hydroxyl groups is 1. The highest BCUT2D eigenvalue weighted by molar-refractivity contribution is 6.30. The SMILES string of the molecule is OC(Cc1ccc(Cl)cc1)c1ccnn1-c1ccccc1. The number of hydrogen-bond donors (Lipinski definition) is 1. The Hall–Kier alpha value is -2.10. The first-order valence-corrected chi connectivity index (χ1v) is 7.14. The summed E-state index contributed by atoms with van der Waals surface area (Å²) in [4.78, 5) is 0. The molecule has 0 bridgehead atoms. The summed E-state index contributed by atoms with van der Waals surface area (Å²) in [6.45, 7) is 0. The first-order valence-electron chi connectivity index (χ1n) is 6.76. The Kier molecular flexibility index (Phi) is 4.04. The molecular weight excluding hydrogens is 284 g/mol. The molecule has 21 heavy (non-hydrogen) atoms.